The molecule has 0 saturated heterocycles. The zero-order valence-corrected chi connectivity index (χ0v) is 33.3. The maximum absolute atomic E-state index is 13.6. The van der Waals surface area contributed by atoms with Crippen molar-refractivity contribution in [2.24, 2.45) is 11.8 Å². The van der Waals surface area contributed by atoms with Gasteiger partial charge < -0.3 is 41.4 Å². The molecule has 0 spiro atoms. The van der Waals surface area contributed by atoms with Crippen LogP contribution in [0.25, 0.3) is 0 Å². The molecule has 2 unspecified atom stereocenters. The van der Waals surface area contributed by atoms with Crippen LogP contribution in [-0.2, 0) is 43.1 Å². The van der Waals surface area contributed by atoms with Crippen molar-refractivity contribution in [3.05, 3.63) is 60.2 Å². The van der Waals surface area contributed by atoms with Crippen LogP contribution in [-0.4, -0.2) is 85.5 Å². The van der Waals surface area contributed by atoms with Crippen LogP contribution >= 0.6 is 0 Å². The molecule has 1 aliphatic carbocycles. The van der Waals surface area contributed by atoms with Gasteiger partial charge in [0.05, 0.1) is 19.7 Å². The number of methoxy groups -OCH3 is 1. The monoisotopic (exact) mass is 792 g/mol. The van der Waals surface area contributed by atoms with E-state index in [2.05, 4.69) is 36.6 Å². The van der Waals surface area contributed by atoms with E-state index in [1.165, 1.54) is 6.92 Å². The van der Waals surface area contributed by atoms with Gasteiger partial charge in [0.1, 0.15) is 36.2 Å². The first-order valence-electron chi connectivity index (χ1n) is 19.4. The maximum atomic E-state index is 13.6. The number of para-hydroxylation sites is 1. The summed E-state index contributed by atoms with van der Waals surface area (Å²) in [6.45, 7) is 5.67. The van der Waals surface area contributed by atoms with Crippen LogP contribution in [0, 0.1) is 11.8 Å². The van der Waals surface area contributed by atoms with Gasteiger partial charge in [-0.3, -0.25) is 38.4 Å². The lowest BCUT2D eigenvalue weighted by molar-refractivity contribution is -0.141. The van der Waals surface area contributed by atoms with Crippen LogP contribution in [0.4, 0.5) is 0 Å². The topological polar surface area (TPSA) is 227 Å². The highest BCUT2D eigenvalue weighted by molar-refractivity contribution is 6.38. The maximum Gasteiger partial charge on any atom is 0.325 e. The van der Waals surface area contributed by atoms with E-state index >= 15 is 0 Å². The lowest BCUT2D eigenvalue weighted by Crippen LogP contribution is -2.58. The second-order valence-corrected chi connectivity index (χ2v) is 14.4. The minimum absolute atomic E-state index is 0.0379. The molecule has 1 saturated carbocycles. The summed E-state index contributed by atoms with van der Waals surface area (Å²) in [5.41, 5.74) is 0.324. The highest BCUT2D eigenvalue weighted by atomic mass is 16.5. The molecular formula is C41H56N6O10. The molecule has 0 aromatic heterocycles. The summed E-state index contributed by atoms with van der Waals surface area (Å²) < 4.78 is 10.4. The predicted molar refractivity (Wildman–Crippen MR) is 209 cm³/mol. The van der Waals surface area contributed by atoms with Crippen LogP contribution in [0.3, 0.4) is 0 Å². The largest absolute Gasteiger partial charge is 0.468 e. The summed E-state index contributed by atoms with van der Waals surface area (Å²) in [5, 5.41) is 15.3. The van der Waals surface area contributed by atoms with Crippen LogP contribution < -0.4 is 36.6 Å². The fourth-order valence-electron chi connectivity index (χ4n) is 6.48. The lowest BCUT2D eigenvalue weighted by atomic mass is 9.83. The van der Waals surface area contributed by atoms with Crippen LogP contribution in [0.2, 0.25) is 0 Å². The normalized spacial score (nSPS) is 14.8. The van der Waals surface area contributed by atoms with Crippen molar-refractivity contribution >= 4 is 47.2 Å². The fourth-order valence-corrected chi connectivity index (χ4v) is 6.48. The number of rotatable bonds is 21. The first kappa shape index (κ1) is 45.6. The number of nitrogens with one attached hydrogen (secondary N) is 6. The number of carbonyl (C=O) groups is 8. The fraction of sp³-hybridized carbons (Fsp3) is 0.512. The van der Waals surface area contributed by atoms with Gasteiger partial charge in [0.25, 0.3) is 5.91 Å². The van der Waals surface area contributed by atoms with E-state index in [0.717, 1.165) is 39.2 Å². The first-order chi connectivity index (χ1) is 27.2. The number of ether oxygens (including phenoxy) is 2. The Hall–Kier alpha value is -5.80. The summed E-state index contributed by atoms with van der Waals surface area (Å²) in [7, 11) is 1.16. The summed E-state index contributed by atoms with van der Waals surface area (Å²) in [5.74, 6) is -5.05. The Bertz CT molecular complexity index is 1700. The second kappa shape index (κ2) is 23.3. The summed E-state index contributed by atoms with van der Waals surface area (Å²) in [6.07, 6.45) is 5.17. The van der Waals surface area contributed by atoms with E-state index in [4.69, 9.17) is 4.74 Å². The zero-order chi connectivity index (χ0) is 41.9. The average molecular weight is 793 g/mol. The van der Waals surface area contributed by atoms with E-state index in [-0.39, 0.29) is 30.6 Å². The molecule has 16 nitrogen and oxygen atoms in total. The van der Waals surface area contributed by atoms with Crippen molar-refractivity contribution < 1.29 is 47.8 Å². The molecule has 2 aromatic rings. The van der Waals surface area contributed by atoms with E-state index in [0.29, 0.717) is 23.5 Å². The van der Waals surface area contributed by atoms with Crippen LogP contribution in [0.1, 0.15) is 90.7 Å². The molecule has 4 atom stereocenters. The third kappa shape index (κ3) is 15.3. The Morgan fingerprint density at radius 3 is 1.95 bits per heavy atom. The molecule has 310 valence electrons. The molecule has 0 bridgehead atoms. The van der Waals surface area contributed by atoms with Crippen molar-refractivity contribution in [1.29, 1.82) is 0 Å². The summed E-state index contributed by atoms with van der Waals surface area (Å²) in [4.78, 5) is 104. The SMILES string of the molecule is CCCC(NC(=O)[C@H](CC(C)C)NC(=O)[C@@H](NC(C)=O)C1CCCCC1)C(=O)C(=O)NCC(=O)NC(C(=O)NCC(=O)OC)c1ccc(Oc2ccccc2)cc1. The van der Waals surface area contributed by atoms with E-state index < -0.39 is 78.5 Å². The molecule has 0 heterocycles. The lowest BCUT2D eigenvalue weighted by Gasteiger charge is -2.31. The van der Waals surface area contributed by atoms with Gasteiger partial charge in [0, 0.05) is 6.92 Å². The van der Waals surface area contributed by atoms with Gasteiger partial charge in [-0.25, -0.2) is 0 Å². The van der Waals surface area contributed by atoms with Crippen molar-refractivity contribution in [3.8, 4) is 11.5 Å². The van der Waals surface area contributed by atoms with Gasteiger partial charge in [-0.05, 0) is 67.3 Å². The van der Waals surface area contributed by atoms with Gasteiger partial charge in [-0.2, -0.15) is 0 Å². The molecular weight excluding hydrogens is 736 g/mol. The molecule has 6 amide bonds. The number of ketones is 1. The van der Waals surface area contributed by atoms with Gasteiger partial charge in [-0.15, -0.1) is 0 Å². The molecule has 1 aliphatic rings. The minimum Gasteiger partial charge on any atom is -0.468 e. The quantitative estimate of drug-likeness (QED) is 0.0800. The minimum atomic E-state index is -1.32. The molecule has 1 fully saturated rings. The van der Waals surface area contributed by atoms with Gasteiger partial charge in [0.2, 0.25) is 35.3 Å². The molecule has 16 heteroatoms. The number of esters is 1. The Morgan fingerprint density at radius 1 is 0.719 bits per heavy atom. The first-order valence-corrected chi connectivity index (χ1v) is 19.4. The highest BCUT2D eigenvalue weighted by Gasteiger charge is 2.35. The Morgan fingerprint density at radius 2 is 1.35 bits per heavy atom. The highest BCUT2D eigenvalue weighted by Crippen LogP contribution is 2.27. The number of hydrogen-bond donors (Lipinski definition) is 6. The summed E-state index contributed by atoms with van der Waals surface area (Å²) >= 11 is 0. The Balaban J connectivity index is 1.67. The predicted octanol–water partition coefficient (Wildman–Crippen LogP) is 2.51. The van der Waals surface area contributed by atoms with Gasteiger partial charge in [-0.1, -0.05) is 76.8 Å². The number of Topliss-reactive ketones (excluding diaryl/α,β-unsaturated/α-hetero) is 1. The zero-order valence-electron chi connectivity index (χ0n) is 33.3. The molecule has 57 heavy (non-hydrogen) atoms. The average Bonchev–Trinajstić information content (AvgIpc) is 3.20. The number of carbonyl (C=O) groups excluding carboxylic acids is 8. The molecule has 0 radical (unpaired) electrons. The van der Waals surface area contributed by atoms with Gasteiger partial charge >= 0.3 is 5.97 Å². The molecule has 3 rings (SSSR count). The van der Waals surface area contributed by atoms with Crippen LogP contribution in [0.15, 0.2) is 54.6 Å². The van der Waals surface area contributed by atoms with Crippen molar-refractivity contribution in [3.63, 3.8) is 0 Å². The third-order valence-corrected chi connectivity index (χ3v) is 9.34. The number of hydrogen-bond acceptors (Lipinski definition) is 10. The molecule has 2 aromatic carbocycles. The van der Waals surface area contributed by atoms with Gasteiger partial charge in [0.15, 0.2) is 0 Å². The standard InChI is InChI=1S/C41H56N6O10/c1-6-13-31(45-38(52)32(22-25(2)3)46-40(54)36(44-26(4)48)27-14-9-7-10-15-27)37(51)41(55)42-23-33(49)47-35(39(53)43-24-34(50)56-5)28-18-20-30(21-19-28)57-29-16-11-8-12-17-29/h8,11-12,16-21,25,27,31-32,35-36H,6-7,9-10,13-15,22-24H2,1-5H3,(H,42,55)(H,43,53)(H,44,48)(H,45,52)(H,46,54)(H,47,49)/t31?,32-,35?,36-/m0/s1. The van der Waals surface area contributed by atoms with E-state index in [1.54, 1.807) is 43.3 Å². The number of benzene rings is 2. The third-order valence-electron chi connectivity index (χ3n) is 9.34. The number of amides is 6. The Labute approximate surface area is 333 Å². The smallest absolute Gasteiger partial charge is 0.325 e. The van der Waals surface area contributed by atoms with Crippen LogP contribution in [0.5, 0.6) is 11.5 Å². The van der Waals surface area contributed by atoms with E-state index in [9.17, 15) is 38.4 Å². The van der Waals surface area contributed by atoms with Crippen molar-refractivity contribution in [2.75, 3.05) is 20.2 Å². The second-order valence-electron chi connectivity index (χ2n) is 14.4. The molecule has 6 N–H and O–H groups in total. The summed E-state index contributed by atoms with van der Waals surface area (Å²) in [6, 6.07) is 10.8. The molecule has 0 aliphatic heterocycles. The van der Waals surface area contributed by atoms with Crippen molar-refractivity contribution in [1.82, 2.24) is 31.9 Å². The Kier molecular flexibility index (Phi) is 18.6. The van der Waals surface area contributed by atoms with Crippen molar-refractivity contribution in [2.45, 2.75) is 103 Å². The van der Waals surface area contributed by atoms with E-state index in [1.807, 2.05) is 32.0 Å².